The number of fused-ring (bicyclic) bond motifs is 1. The molecule has 8 rings (SSSR count). The summed E-state index contributed by atoms with van der Waals surface area (Å²) in [6, 6.07) is 22.0. The van der Waals surface area contributed by atoms with E-state index in [-0.39, 0.29) is 24.4 Å². The van der Waals surface area contributed by atoms with Gasteiger partial charge in [-0.25, -0.2) is 19.6 Å². The second kappa shape index (κ2) is 13.6. The van der Waals surface area contributed by atoms with Crippen molar-refractivity contribution in [1.29, 1.82) is 0 Å². The van der Waals surface area contributed by atoms with Gasteiger partial charge in [0.25, 0.3) is 11.8 Å². The van der Waals surface area contributed by atoms with Crippen molar-refractivity contribution in [1.82, 2.24) is 45.1 Å². The molecule has 0 radical (unpaired) electrons. The monoisotopic (exact) mass is 674 g/mol. The van der Waals surface area contributed by atoms with Crippen LogP contribution in [0.5, 0.6) is 0 Å². The van der Waals surface area contributed by atoms with Crippen molar-refractivity contribution >= 4 is 40.1 Å². The number of thiophene rings is 1. The number of nitrogens with zero attached hydrogens (tertiary/aromatic N) is 8. The number of benzene rings is 2. The molecule has 14 heteroatoms. The molecule has 0 saturated carbocycles. The number of H-pyrrole nitrogens is 1. The van der Waals surface area contributed by atoms with Gasteiger partial charge in [0, 0.05) is 36.1 Å². The Hall–Kier alpha value is -5.47. The Balaban J connectivity index is 0.832. The van der Waals surface area contributed by atoms with Crippen molar-refractivity contribution in [2.75, 3.05) is 37.7 Å². The lowest BCUT2D eigenvalue weighted by atomic mass is 10.0. The van der Waals surface area contributed by atoms with E-state index in [1.54, 1.807) is 27.2 Å². The van der Waals surface area contributed by atoms with Crippen LogP contribution in [0.3, 0.4) is 0 Å². The number of hydrogen-bond donors (Lipinski definition) is 2. The molecule has 0 aliphatic carbocycles. The lowest BCUT2D eigenvalue weighted by molar-refractivity contribution is -0.138. The number of aromatic nitrogens is 7. The van der Waals surface area contributed by atoms with Crippen LogP contribution in [0.25, 0.3) is 32.2 Å². The average Bonchev–Trinajstić information content (AvgIpc) is 3.94. The first-order valence-electron chi connectivity index (χ1n) is 16.3. The summed E-state index contributed by atoms with van der Waals surface area (Å²) in [6.07, 6.45) is 5.91. The summed E-state index contributed by atoms with van der Waals surface area (Å²) in [6.45, 7) is 2.96. The van der Waals surface area contributed by atoms with Gasteiger partial charge in [-0.15, -0.1) is 16.4 Å². The molecule has 0 spiro atoms. The van der Waals surface area contributed by atoms with E-state index in [1.807, 2.05) is 48.7 Å². The van der Waals surface area contributed by atoms with E-state index in [2.05, 4.69) is 64.7 Å². The van der Waals surface area contributed by atoms with Crippen LogP contribution in [-0.4, -0.2) is 96.6 Å². The van der Waals surface area contributed by atoms with E-state index in [1.165, 1.54) is 16.8 Å². The number of piperidine rings is 1. The maximum absolute atomic E-state index is 13.4. The third-order valence-electron chi connectivity index (χ3n) is 8.99. The van der Waals surface area contributed by atoms with Crippen LogP contribution in [0, 0.1) is 0 Å². The van der Waals surface area contributed by atoms with Gasteiger partial charge in [0.2, 0.25) is 0 Å². The molecule has 49 heavy (non-hydrogen) atoms. The van der Waals surface area contributed by atoms with Crippen molar-refractivity contribution < 1.29 is 14.3 Å². The molecule has 6 aromatic rings. The Labute approximate surface area is 286 Å². The van der Waals surface area contributed by atoms with Crippen LogP contribution in [-0.2, 0) is 16.1 Å². The highest BCUT2D eigenvalue weighted by atomic mass is 32.1. The smallest absolute Gasteiger partial charge is 0.254 e. The second-order valence-electron chi connectivity index (χ2n) is 12.2. The van der Waals surface area contributed by atoms with Crippen LogP contribution in [0.1, 0.15) is 28.8 Å². The molecule has 2 amide bonds. The van der Waals surface area contributed by atoms with E-state index in [4.69, 9.17) is 4.74 Å². The van der Waals surface area contributed by atoms with Crippen LogP contribution in [0.15, 0.2) is 85.6 Å². The van der Waals surface area contributed by atoms with Crippen molar-refractivity contribution in [3.8, 4) is 21.0 Å². The van der Waals surface area contributed by atoms with Crippen LogP contribution in [0.4, 0.5) is 5.82 Å². The second-order valence-corrected chi connectivity index (χ2v) is 13.3. The highest BCUT2D eigenvalue weighted by molar-refractivity contribution is 7.18. The molecule has 2 aromatic carbocycles. The minimum atomic E-state index is -0.713. The van der Waals surface area contributed by atoms with E-state index in [9.17, 15) is 9.59 Å². The minimum Gasteiger partial charge on any atom is -0.365 e. The number of hydrogen-bond acceptors (Lipinski definition) is 10. The van der Waals surface area contributed by atoms with E-state index in [0.29, 0.717) is 30.9 Å². The average molecular weight is 675 g/mol. The molecular formula is C35H34N10O3S. The zero-order valence-corrected chi connectivity index (χ0v) is 27.4. The lowest BCUT2D eigenvalue weighted by Crippen LogP contribution is -2.54. The van der Waals surface area contributed by atoms with Crippen molar-refractivity contribution in [3.63, 3.8) is 0 Å². The van der Waals surface area contributed by atoms with Crippen molar-refractivity contribution in [2.24, 2.45) is 0 Å². The Morgan fingerprint density at radius 3 is 2.59 bits per heavy atom. The number of imidazole rings is 1. The Morgan fingerprint density at radius 2 is 1.76 bits per heavy atom. The number of aromatic amines is 1. The summed E-state index contributed by atoms with van der Waals surface area (Å²) in [5.41, 5.74) is 5.03. The first-order chi connectivity index (χ1) is 24.1. The quantitative estimate of drug-likeness (QED) is 0.244. The highest BCUT2D eigenvalue weighted by Gasteiger charge is 2.32. The Kier molecular flexibility index (Phi) is 8.54. The molecule has 2 aliphatic rings. The van der Waals surface area contributed by atoms with Gasteiger partial charge < -0.3 is 24.8 Å². The number of morpholine rings is 1. The molecule has 2 fully saturated rings. The molecule has 2 aliphatic heterocycles. The molecule has 13 nitrogen and oxygen atoms in total. The molecule has 1 unspecified atom stereocenters. The first-order valence-corrected chi connectivity index (χ1v) is 17.1. The van der Waals surface area contributed by atoms with Gasteiger partial charge in [0.15, 0.2) is 17.6 Å². The topological polar surface area (TPSA) is 147 Å². The molecular weight excluding hydrogens is 641 g/mol. The molecule has 248 valence electrons. The molecule has 2 saturated heterocycles. The van der Waals surface area contributed by atoms with Crippen LogP contribution < -0.4 is 10.2 Å². The minimum absolute atomic E-state index is 0.0169. The predicted molar refractivity (Wildman–Crippen MR) is 185 cm³/mol. The van der Waals surface area contributed by atoms with Gasteiger partial charge in [-0.2, -0.15) is 0 Å². The zero-order valence-electron chi connectivity index (χ0n) is 26.6. The van der Waals surface area contributed by atoms with E-state index in [0.717, 1.165) is 53.4 Å². The number of amides is 2. The summed E-state index contributed by atoms with van der Waals surface area (Å²) >= 11 is 1.69. The molecule has 6 heterocycles. The number of nitrogens with one attached hydrogen (secondary N) is 2. The summed E-state index contributed by atoms with van der Waals surface area (Å²) in [5, 5.41) is 11.9. The lowest BCUT2D eigenvalue weighted by Gasteiger charge is -2.35. The number of carbonyl (C=O) groups is 2. The van der Waals surface area contributed by atoms with Crippen LogP contribution >= 0.6 is 11.3 Å². The molecule has 0 bridgehead atoms. The van der Waals surface area contributed by atoms with Crippen molar-refractivity contribution in [3.05, 3.63) is 96.7 Å². The fourth-order valence-corrected chi connectivity index (χ4v) is 7.32. The Bertz CT molecular complexity index is 2070. The zero-order chi connectivity index (χ0) is 33.2. The SMILES string of the molecule is O=C(NC1CCN(c2ncnc3nc[nH]c23)CC1)C1CN(C(=O)c2ccc(Cn3cc(-c4ccc(-c5ccccc5)s4)nn3)cc2)CCO1. The van der Waals surface area contributed by atoms with Gasteiger partial charge in [0.1, 0.15) is 17.5 Å². The third kappa shape index (κ3) is 6.65. The number of ether oxygens (including phenoxy) is 1. The van der Waals surface area contributed by atoms with Gasteiger partial charge in [-0.1, -0.05) is 47.7 Å². The van der Waals surface area contributed by atoms with Gasteiger partial charge in [0.05, 0.1) is 37.1 Å². The number of anilines is 1. The number of rotatable bonds is 8. The van der Waals surface area contributed by atoms with Gasteiger partial charge in [-0.3, -0.25) is 9.59 Å². The van der Waals surface area contributed by atoms with E-state index >= 15 is 0 Å². The first kappa shape index (κ1) is 30.8. The van der Waals surface area contributed by atoms with Crippen LogP contribution in [0.2, 0.25) is 0 Å². The summed E-state index contributed by atoms with van der Waals surface area (Å²) in [7, 11) is 0. The van der Waals surface area contributed by atoms with Gasteiger partial charge >= 0.3 is 0 Å². The third-order valence-corrected chi connectivity index (χ3v) is 10.1. The summed E-state index contributed by atoms with van der Waals surface area (Å²) in [4.78, 5) is 48.7. The predicted octanol–water partition coefficient (Wildman–Crippen LogP) is 4.01. The molecule has 4 aromatic heterocycles. The van der Waals surface area contributed by atoms with E-state index < -0.39 is 6.10 Å². The van der Waals surface area contributed by atoms with Crippen molar-refractivity contribution in [2.45, 2.75) is 31.5 Å². The fraction of sp³-hybridized carbons (Fsp3) is 0.286. The normalized spacial score (nSPS) is 17.0. The molecule has 2 N–H and O–H groups in total. The Morgan fingerprint density at radius 1 is 0.939 bits per heavy atom. The fourth-order valence-electron chi connectivity index (χ4n) is 6.36. The summed E-state index contributed by atoms with van der Waals surface area (Å²) in [5.74, 6) is 0.519. The standard InChI is InChI=1S/C35H34N10O3S/c46-34(40-26-12-14-43(15-13-26)33-31-32(37-21-36-31)38-22-39-33)28-20-44(16-17-48-28)35(47)25-8-6-23(7-9-25)18-45-19-27(41-42-45)30-11-10-29(49-30)24-4-2-1-3-5-24/h1-11,19,21-22,26,28H,12-18,20H2,(H,40,46)(H,36,37,38,39). The summed E-state index contributed by atoms with van der Waals surface area (Å²) < 4.78 is 7.61. The molecule has 1 atom stereocenters. The van der Waals surface area contributed by atoms with Gasteiger partial charge in [-0.05, 0) is 48.2 Å². The maximum Gasteiger partial charge on any atom is 0.254 e. The maximum atomic E-state index is 13.4. The highest BCUT2D eigenvalue weighted by Crippen LogP contribution is 2.33. The number of carbonyl (C=O) groups excluding carboxylic acids is 2. The largest absolute Gasteiger partial charge is 0.365 e.